The Morgan fingerprint density at radius 1 is 1.38 bits per heavy atom. The smallest absolute Gasteiger partial charge is 0.335 e. The quantitative estimate of drug-likeness (QED) is 0.754. The largest absolute Gasteiger partial charge is 0.456 e. The number of esters is 1. The van der Waals surface area contributed by atoms with Gasteiger partial charge in [-0.25, -0.2) is 4.79 Å². The van der Waals surface area contributed by atoms with E-state index in [1.165, 1.54) is 0 Å². The summed E-state index contributed by atoms with van der Waals surface area (Å²) in [5.41, 5.74) is 0.902. The second-order valence-corrected chi connectivity index (χ2v) is 5.68. The van der Waals surface area contributed by atoms with Crippen LogP contribution in [0.4, 0.5) is 0 Å². The van der Waals surface area contributed by atoms with Gasteiger partial charge in [0.1, 0.15) is 6.10 Å². The summed E-state index contributed by atoms with van der Waals surface area (Å²) in [6.07, 6.45) is 1.23. The predicted octanol–water partition coefficient (Wildman–Crippen LogP) is 3.53. The van der Waals surface area contributed by atoms with Crippen LogP contribution in [0, 0.1) is 0 Å². The molecular weight excluding hydrogens is 292 g/mol. The van der Waals surface area contributed by atoms with Crippen molar-refractivity contribution in [3.8, 4) is 0 Å². The third kappa shape index (κ3) is 4.99. The summed E-state index contributed by atoms with van der Waals surface area (Å²) >= 11 is 5.84. The van der Waals surface area contributed by atoms with Crippen molar-refractivity contribution in [3.63, 3.8) is 0 Å². The fourth-order valence-corrected chi connectivity index (χ4v) is 2.29. The molecule has 1 aromatic carbocycles. The number of benzene rings is 1. The van der Waals surface area contributed by atoms with E-state index in [9.17, 15) is 4.79 Å². The summed E-state index contributed by atoms with van der Waals surface area (Å²) in [6, 6.07) is 7.24. The van der Waals surface area contributed by atoms with Gasteiger partial charge in [0.05, 0.1) is 12.7 Å². The van der Waals surface area contributed by atoms with E-state index in [2.05, 4.69) is 0 Å². The molecular formula is C16H21ClO4. The molecule has 116 valence electrons. The van der Waals surface area contributed by atoms with Gasteiger partial charge in [-0.2, -0.15) is 0 Å². The molecule has 1 aliphatic rings. The van der Waals surface area contributed by atoms with Gasteiger partial charge < -0.3 is 14.2 Å². The molecule has 1 aromatic rings. The second-order valence-electron chi connectivity index (χ2n) is 5.24. The van der Waals surface area contributed by atoms with Gasteiger partial charge in [0.15, 0.2) is 6.10 Å². The average molecular weight is 313 g/mol. The highest BCUT2D eigenvalue weighted by atomic mass is 35.5. The van der Waals surface area contributed by atoms with Crippen LogP contribution in [0.2, 0.25) is 5.02 Å². The zero-order valence-corrected chi connectivity index (χ0v) is 13.1. The van der Waals surface area contributed by atoms with Crippen molar-refractivity contribution in [2.24, 2.45) is 0 Å². The monoisotopic (exact) mass is 312 g/mol. The van der Waals surface area contributed by atoms with E-state index < -0.39 is 6.10 Å². The molecule has 3 unspecified atom stereocenters. The van der Waals surface area contributed by atoms with E-state index in [1.807, 2.05) is 19.1 Å². The van der Waals surface area contributed by atoms with E-state index in [1.54, 1.807) is 19.1 Å². The van der Waals surface area contributed by atoms with Crippen molar-refractivity contribution in [3.05, 3.63) is 34.9 Å². The van der Waals surface area contributed by atoms with Gasteiger partial charge in [0, 0.05) is 11.6 Å². The first-order valence-electron chi connectivity index (χ1n) is 7.25. The number of ether oxygens (including phenoxy) is 3. The number of hydrogen-bond acceptors (Lipinski definition) is 4. The summed E-state index contributed by atoms with van der Waals surface area (Å²) in [7, 11) is 0. The standard InChI is InChI=1S/C16H21ClO4/c1-11(13-5-7-14(17)8-6-13)21-16(18)12(2)20-10-15-4-3-9-19-15/h5-8,11-12,15H,3-4,9-10H2,1-2H3. The maximum absolute atomic E-state index is 12.0. The van der Waals surface area contributed by atoms with Crippen LogP contribution in [0.15, 0.2) is 24.3 Å². The Labute approximate surface area is 130 Å². The Morgan fingerprint density at radius 2 is 2.10 bits per heavy atom. The Bertz CT molecular complexity index is 454. The summed E-state index contributed by atoms with van der Waals surface area (Å²) in [5, 5.41) is 0.658. The molecule has 5 heteroatoms. The molecule has 4 nitrogen and oxygen atoms in total. The van der Waals surface area contributed by atoms with E-state index in [-0.39, 0.29) is 18.2 Å². The molecule has 0 N–H and O–H groups in total. The summed E-state index contributed by atoms with van der Waals surface area (Å²) in [5.74, 6) is -0.365. The fourth-order valence-electron chi connectivity index (χ4n) is 2.17. The highest BCUT2D eigenvalue weighted by molar-refractivity contribution is 6.30. The Morgan fingerprint density at radius 3 is 2.71 bits per heavy atom. The lowest BCUT2D eigenvalue weighted by Gasteiger charge is -2.19. The van der Waals surface area contributed by atoms with Crippen molar-refractivity contribution in [2.45, 2.75) is 45.0 Å². The van der Waals surface area contributed by atoms with Crippen molar-refractivity contribution in [1.29, 1.82) is 0 Å². The van der Waals surface area contributed by atoms with Crippen molar-refractivity contribution >= 4 is 17.6 Å². The fraction of sp³-hybridized carbons (Fsp3) is 0.562. The molecule has 0 spiro atoms. The molecule has 3 atom stereocenters. The molecule has 0 aromatic heterocycles. The lowest BCUT2D eigenvalue weighted by molar-refractivity contribution is -0.162. The molecule has 0 radical (unpaired) electrons. The van der Waals surface area contributed by atoms with Crippen LogP contribution in [-0.2, 0) is 19.0 Å². The molecule has 1 saturated heterocycles. The zero-order valence-electron chi connectivity index (χ0n) is 12.4. The third-order valence-electron chi connectivity index (χ3n) is 3.52. The third-order valence-corrected chi connectivity index (χ3v) is 3.77. The molecule has 0 amide bonds. The van der Waals surface area contributed by atoms with E-state index in [4.69, 9.17) is 25.8 Å². The molecule has 21 heavy (non-hydrogen) atoms. The summed E-state index contributed by atoms with van der Waals surface area (Å²) in [6.45, 7) is 4.74. The number of carbonyl (C=O) groups is 1. The molecule has 1 heterocycles. The predicted molar refractivity (Wildman–Crippen MR) is 80.3 cm³/mol. The molecule has 0 bridgehead atoms. The van der Waals surface area contributed by atoms with Crippen LogP contribution >= 0.6 is 11.6 Å². The van der Waals surface area contributed by atoms with Gasteiger partial charge >= 0.3 is 5.97 Å². The van der Waals surface area contributed by atoms with E-state index >= 15 is 0 Å². The SMILES string of the molecule is CC(OCC1CCCO1)C(=O)OC(C)c1ccc(Cl)cc1. The van der Waals surface area contributed by atoms with Crippen LogP contribution in [0.1, 0.15) is 38.4 Å². The van der Waals surface area contributed by atoms with Gasteiger partial charge in [-0.1, -0.05) is 23.7 Å². The minimum Gasteiger partial charge on any atom is -0.456 e. The van der Waals surface area contributed by atoms with Gasteiger partial charge in [-0.3, -0.25) is 0 Å². The molecule has 0 saturated carbocycles. The summed E-state index contributed by atoms with van der Waals surface area (Å²) in [4.78, 5) is 12.0. The molecule has 0 aliphatic carbocycles. The van der Waals surface area contributed by atoms with Gasteiger partial charge in [-0.15, -0.1) is 0 Å². The second kappa shape index (κ2) is 7.78. The highest BCUT2D eigenvalue weighted by Crippen LogP contribution is 2.20. The van der Waals surface area contributed by atoms with Crippen LogP contribution in [0.5, 0.6) is 0 Å². The Balaban J connectivity index is 1.77. The van der Waals surface area contributed by atoms with Gasteiger partial charge in [-0.05, 0) is 44.4 Å². The van der Waals surface area contributed by atoms with Crippen molar-refractivity contribution < 1.29 is 19.0 Å². The lowest BCUT2D eigenvalue weighted by Crippen LogP contribution is -2.28. The van der Waals surface area contributed by atoms with Crippen LogP contribution in [0.25, 0.3) is 0 Å². The molecule has 1 aliphatic heterocycles. The van der Waals surface area contributed by atoms with E-state index in [0.717, 1.165) is 25.0 Å². The Hall–Kier alpha value is -1.10. The maximum atomic E-state index is 12.0. The van der Waals surface area contributed by atoms with Gasteiger partial charge in [0.25, 0.3) is 0 Å². The van der Waals surface area contributed by atoms with Crippen LogP contribution < -0.4 is 0 Å². The van der Waals surface area contributed by atoms with Gasteiger partial charge in [0.2, 0.25) is 0 Å². The Kier molecular flexibility index (Phi) is 6.03. The first-order valence-corrected chi connectivity index (χ1v) is 7.63. The summed E-state index contributed by atoms with van der Waals surface area (Å²) < 4.78 is 16.4. The van der Waals surface area contributed by atoms with Crippen molar-refractivity contribution in [1.82, 2.24) is 0 Å². The van der Waals surface area contributed by atoms with Crippen molar-refractivity contribution in [2.75, 3.05) is 13.2 Å². The minimum absolute atomic E-state index is 0.105. The normalized spacial score (nSPS) is 21.0. The zero-order chi connectivity index (χ0) is 15.2. The number of rotatable bonds is 6. The number of halogens is 1. The van der Waals surface area contributed by atoms with Crippen LogP contribution in [-0.4, -0.2) is 31.4 Å². The number of carbonyl (C=O) groups excluding carboxylic acids is 1. The van der Waals surface area contributed by atoms with E-state index in [0.29, 0.717) is 11.6 Å². The highest BCUT2D eigenvalue weighted by Gasteiger charge is 2.22. The topological polar surface area (TPSA) is 44.8 Å². The molecule has 2 rings (SSSR count). The van der Waals surface area contributed by atoms with Crippen LogP contribution in [0.3, 0.4) is 0 Å². The lowest BCUT2D eigenvalue weighted by atomic mass is 10.1. The minimum atomic E-state index is -0.594. The first-order chi connectivity index (χ1) is 10.1. The number of hydrogen-bond donors (Lipinski definition) is 0. The average Bonchev–Trinajstić information content (AvgIpc) is 2.98. The molecule has 1 fully saturated rings. The first kappa shape index (κ1) is 16.3. The maximum Gasteiger partial charge on any atom is 0.335 e.